The van der Waals surface area contributed by atoms with Crippen molar-refractivity contribution in [2.75, 3.05) is 31.2 Å². The van der Waals surface area contributed by atoms with E-state index in [0.717, 1.165) is 19.3 Å². The molecule has 124 valence electrons. The molecule has 1 aromatic rings. The summed E-state index contributed by atoms with van der Waals surface area (Å²) in [5, 5.41) is 23.0. The Bertz CT molecular complexity index is 588. The first-order chi connectivity index (χ1) is 11.1. The highest BCUT2D eigenvalue weighted by Crippen LogP contribution is 2.42. The van der Waals surface area contributed by atoms with Gasteiger partial charge in [-0.3, -0.25) is 20.2 Å². The molecule has 2 heterocycles. The predicted octanol–water partition coefficient (Wildman–Crippen LogP) is 2.54. The number of piperidine rings is 1. The third-order valence-electron chi connectivity index (χ3n) is 4.05. The first-order valence-electron chi connectivity index (χ1n) is 7.53. The summed E-state index contributed by atoms with van der Waals surface area (Å²) in [6.45, 7) is 1.88. The molecule has 0 bridgehead atoms. The van der Waals surface area contributed by atoms with Crippen LogP contribution in [0.4, 0.5) is 17.1 Å². The highest BCUT2D eigenvalue weighted by molar-refractivity contribution is 5.76. The average Bonchev–Trinajstić information content (AvgIpc) is 3.08. The van der Waals surface area contributed by atoms with Gasteiger partial charge in [0.25, 0.3) is 11.4 Å². The maximum absolute atomic E-state index is 11.5. The molecule has 23 heavy (non-hydrogen) atoms. The van der Waals surface area contributed by atoms with E-state index in [4.69, 9.17) is 9.47 Å². The van der Waals surface area contributed by atoms with Crippen molar-refractivity contribution in [1.29, 1.82) is 0 Å². The maximum Gasteiger partial charge on any atom is 0.300 e. The van der Waals surface area contributed by atoms with Gasteiger partial charge in [-0.1, -0.05) is 0 Å². The summed E-state index contributed by atoms with van der Waals surface area (Å²) in [5.74, 6) is 0. The van der Waals surface area contributed by atoms with Gasteiger partial charge in [0.05, 0.1) is 23.1 Å². The van der Waals surface area contributed by atoms with E-state index in [-0.39, 0.29) is 17.1 Å². The van der Waals surface area contributed by atoms with E-state index in [1.54, 1.807) is 4.90 Å². The van der Waals surface area contributed by atoms with Gasteiger partial charge in [-0.15, -0.1) is 0 Å². The van der Waals surface area contributed by atoms with E-state index >= 15 is 0 Å². The Morgan fingerprint density at radius 2 is 1.48 bits per heavy atom. The molecule has 0 aliphatic carbocycles. The Morgan fingerprint density at radius 3 is 1.96 bits per heavy atom. The quantitative estimate of drug-likeness (QED) is 0.618. The van der Waals surface area contributed by atoms with Crippen LogP contribution in [0.3, 0.4) is 0 Å². The predicted molar refractivity (Wildman–Crippen MR) is 80.5 cm³/mol. The molecule has 0 radical (unpaired) electrons. The lowest BCUT2D eigenvalue weighted by Crippen LogP contribution is -2.30. The lowest BCUT2D eigenvalue weighted by molar-refractivity contribution is -0.392. The Hall–Kier alpha value is -2.26. The van der Waals surface area contributed by atoms with Gasteiger partial charge in [-0.25, -0.2) is 0 Å². The van der Waals surface area contributed by atoms with Crippen LogP contribution in [0.25, 0.3) is 0 Å². The van der Waals surface area contributed by atoms with E-state index in [1.807, 2.05) is 0 Å². The number of nitrogens with zero attached hydrogens (tertiary/aromatic N) is 3. The highest BCUT2D eigenvalue weighted by atomic mass is 16.7. The number of hydrogen-bond acceptors (Lipinski definition) is 7. The Morgan fingerprint density at radius 1 is 0.957 bits per heavy atom. The van der Waals surface area contributed by atoms with Gasteiger partial charge in [-0.05, 0) is 19.3 Å². The molecule has 2 saturated heterocycles. The maximum atomic E-state index is 11.5. The fraction of sp³-hybridized carbons (Fsp3) is 0.571. The van der Waals surface area contributed by atoms with E-state index in [1.165, 1.54) is 12.1 Å². The van der Waals surface area contributed by atoms with Crippen LogP contribution in [0.1, 0.15) is 31.1 Å². The summed E-state index contributed by atoms with van der Waals surface area (Å²) in [5.41, 5.74) is -0.145. The monoisotopic (exact) mass is 323 g/mol. The highest BCUT2D eigenvalue weighted by Gasteiger charge is 2.34. The molecule has 2 fully saturated rings. The molecule has 0 atom stereocenters. The fourth-order valence-electron chi connectivity index (χ4n) is 3.03. The van der Waals surface area contributed by atoms with E-state index in [2.05, 4.69) is 0 Å². The molecule has 0 spiro atoms. The van der Waals surface area contributed by atoms with Crippen LogP contribution in [0, 0.1) is 20.2 Å². The smallest absolute Gasteiger partial charge is 0.300 e. The molecular formula is C14H17N3O6. The SMILES string of the molecule is O=[N+]([O-])c1cc(C2OCCO2)cc([N+](=O)[O-])c1N1CCCCC1. The van der Waals surface area contributed by atoms with Gasteiger partial charge in [0, 0.05) is 30.8 Å². The molecule has 9 heteroatoms. The minimum atomic E-state index is -0.789. The number of nitro groups is 2. The van der Waals surface area contributed by atoms with Gasteiger partial charge >= 0.3 is 0 Å². The van der Waals surface area contributed by atoms with Crippen LogP contribution in [-0.4, -0.2) is 36.1 Å². The van der Waals surface area contributed by atoms with Crippen LogP contribution >= 0.6 is 0 Å². The van der Waals surface area contributed by atoms with Crippen LogP contribution in [-0.2, 0) is 9.47 Å². The molecule has 3 rings (SSSR count). The molecule has 2 aliphatic rings. The Balaban J connectivity index is 2.11. The molecule has 0 amide bonds. The molecule has 0 unspecified atom stereocenters. The summed E-state index contributed by atoms with van der Waals surface area (Å²) in [7, 11) is 0. The summed E-state index contributed by atoms with van der Waals surface area (Å²) < 4.78 is 10.6. The molecule has 0 saturated carbocycles. The van der Waals surface area contributed by atoms with Crippen molar-refractivity contribution < 1.29 is 19.3 Å². The molecule has 0 aromatic heterocycles. The van der Waals surface area contributed by atoms with Crippen LogP contribution < -0.4 is 4.90 Å². The van der Waals surface area contributed by atoms with Crippen molar-refractivity contribution in [1.82, 2.24) is 0 Å². The minimum absolute atomic E-state index is 0.0847. The summed E-state index contributed by atoms with van der Waals surface area (Å²) in [4.78, 5) is 23.5. The number of rotatable bonds is 4. The zero-order valence-corrected chi connectivity index (χ0v) is 12.5. The molecule has 1 aromatic carbocycles. The van der Waals surface area contributed by atoms with Gasteiger partial charge in [0.2, 0.25) is 0 Å². The van der Waals surface area contributed by atoms with Crippen molar-refractivity contribution in [3.8, 4) is 0 Å². The lowest BCUT2D eigenvalue weighted by atomic mass is 10.1. The number of anilines is 1. The van der Waals surface area contributed by atoms with Gasteiger partial charge in [0.1, 0.15) is 0 Å². The van der Waals surface area contributed by atoms with Crippen molar-refractivity contribution in [3.63, 3.8) is 0 Å². The standard InChI is InChI=1S/C14H17N3O6/c18-16(19)11-8-10(14-22-6-7-23-14)9-12(17(20)21)13(11)15-4-2-1-3-5-15/h8-9,14H,1-7H2. The van der Waals surface area contributed by atoms with Gasteiger partial charge in [0.15, 0.2) is 12.0 Å². The average molecular weight is 323 g/mol. The van der Waals surface area contributed by atoms with Crippen LogP contribution in [0.2, 0.25) is 0 Å². The van der Waals surface area contributed by atoms with Crippen molar-refractivity contribution in [3.05, 3.63) is 37.9 Å². The second-order valence-corrected chi connectivity index (χ2v) is 5.54. The van der Waals surface area contributed by atoms with Crippen LogP contribution in [0.5, 0.6) is 0 Å². The zero-order chi connectivity index (χ0) is 16.4. The number of nitro benzene ring substituents is 2. The molecule has 0 N–H and O–H groups in total. The molecular weight excluding hydrogens is 306 g/mol. The molecule has 2 aliphatic heterocycles. The first kappa shape index (κ1) is 15.6. The topological polar surface area (TPSA) is 108 Å². The second kappa shape index (κ2) is 6.47. The Kier molecular flexibility index (Phi) is 4.39. The van der Waals surface area contributed by atoms with Crippen molar-refractivity contribution in [2.45, 2.75) is 25.6 Å². The van der Waals surface area contributed by atoms with Crippen molar-refractivity contribution in [2.24, 2.45) is 0 Å². The summed E-state index contributed by atoms with van der Waals surface area (Å²) in [6, 6.07) is 2.65. The first-order valence-corrected chi connectivity index (χ1v) is 7.53. The van der Waals surface area contributed by atoms with Crippen molar-refractivity contribution >= 4 is 17.1 Å². The third-order valence-corrected chi connectivity index (χ3v) is 4.05. The summed E-state index contributed by atoms with van der Waals surface area (Å²) >= 11 is 0. The second-order valence-electron chi connectivity index (χ2n) is 5.54. The lowest BCUT2D eigenvalue weighted by Gasteiger charge is -2.28. The third kappa shape index (κ3) is 3.10. The van der Waals surface area contributed by atoms with E-state index < -0.39 is 16.1 Å². The van der Waals surface area contributed by atoms with E-state index in [9.17, 15) is 20.2 Å². The number of ether oxygens (including phenoxy) is 2. The number of benzene rings is 1. The minimum Gasteiger partial charge on any atom is -0.360 e. The summed E-state index contributed by atoms with van der Waals surface area (Å²) in [6.07, 6.45) is 1.97. The largest absolute Gasteiger partial charge is 0.360 e. The normalized spacial score (nSPS) is 19.0. The molecule has 9 nitrogen and oxygen atoms in total. The van der Waals surface area contributed by atoms with E-state index in [0.29, 0.717) is 31.9 Å². The Labute approximate surface area is 132 Å². The van der Waals surface area contributed by atoms with Crippen LogP contribution in [0.15, 0.2) is 12.1 Å². The van der Waals surface area contributed by atoms with Gasteiger partial charge < -0.3 is 14.4 Å². The van der Waals surface area contributed by atoms with Gasteiger partial charge in [-0.2, -0.15) is 0 Å². The zero-order valence-electron chi connectivity index (χ0n) is 12.5. The number of hydrogen-bond donors (Lipinski definition) is 0. The fourth-order valence-corrected chi connectivity index (χ4v) is 3.03.